The van der Waals surface area contributed by atoms with E-state index in [0.29, 0.717) is 0 Å². The number of anilines is 3. The molecule has 4 nitrogen and oxygen atoms in total. The minimum atomic E-state index is -0.00462. The van der Waals surface area contributed by atoms with Crippen molar-refractivity contribution in [3.63, 3.8) is 0 Å². The van der Waals surface area contributed by atoms with Gasteiger partial charge in [0.2, 0.25) is 0 Å². The number of hydrogen-bond acceptors (Lipinski definition) is 3. The van der Waals surface area contributed by atoms with E-state index in [1.165, 1.54) is 46.9 Å². The molecule has 2 aliphatic rings. The third-order valence-corrected chi connectivity index (χ3v) is 9.01. The van der Waals surface area contributed by atoms with E-state index in [1.54, 1.807) is 0 Å². The standard InChI is InChI=1S/C29H38BN4/c1-7-10-13-24-17-16-23(21-31-24)22-18-19-33-27(20-22)34-26-15-12-11-14-25(26)32(6)30(34)28(4,8-2)29(33,5)9-3/h11-12,14-21H,7-10,13H2,1-6H3/q+1. The Morgan fingerprint density at radius 3 is 2.35 bits per heavy atom. The van der Waals surface area contributed by atoms with Crippen molar-refractivity contribution in [1.82, 2.24) is 4.98 Å². The lowest BCUT2D eigenvalue weighted by molar-refractivity contribution is -0.758. The van der Waals surface area contributed by atoms with Crippen molar-refractivity contribution < 1.29 is 4.57 Å². The highest BCUT2D eigenvalue weighted by Crippen LogP contribution is 2.59. The molecular formula is C29H38BN4+. The minimum Gasteiger partial charge on any atom is -0.373 e. The summed E-state index contributed by atoms with van der Waals surface area (Å²) in [5, 5.41) is 0.0667. The number of aromatic nitrogens is 2. The molecule has 0 spiro atoms. The molecule has 176 valence electrons. The van der Waals surface area contributed by atoms with Crippen LogP contribution in [0.5, 0.6) is 0 Å². The monoisotopic (exact) mass is 453 g/mol. The number of benzene rings is 1. The van der Waals surface area contributed by atoms with E-state index in [1.807, 2.05) is 0 Å². The first-order valence-corrected chi connectivity index (χ1v) is 13.0. The van der Waals surface area contributed by atoms with Gasteiger partial charge in [0.15, 0.2) is 0 Å². The second-order valence-corrected chi connectivity index (χ2v) is 10.5. The maximum atomic E-state index is 4.77. The molecule has 1 aromatic carbocycles. The summed E-state index contributed by atoms with van der Waals surface area (Å²) in [6, 6.07) is 18.0. The number of aryl methyl sites for hydroxylation is 1. The Morgan fingerprint density at radius 2 is 1.71 bits per heavy atom. The Labute approximate surface area is 205 Å². The quantitative estimate of drug-likeness (QED) is 0.304. The largest absolute Gasteiger partial charge is 0.512 e. The van der Waals surface area contributed by atoms with Crippen LogP contribution in [0.4, 0.5) is 17.2 Å². The molecular weight excluding hydrogens is 415 g/mol. The van der Waals surface area contributed by atoms with Crippen LogP contribution in [0.25, 0.3) is 11.1 Å². The van der Waals surface area contributed by atoms with E-state index in [0.717, 1.165) is 19.3 Å². The first-order chi connectivity index (χ1) is 16.4. The molecule has 0 saturated heterocycles. The van der Waals surface area contributed by atoms with Crippen LogP contribution >= 0.6 is 0 Å². The van der Waals surface area contributed by atoms with Gasteiger partial charge in [0.05, 0.1) is 17.2 Å². The Hall–Kier alpha value is -2.82. The fourth-order valence-corrected chi connectivity index (χ4v) is 6.43. The fourth-order valence-electron chi connectivity index (χ4n) is 6.43. The third kappa shape index (κ3) is 3.12. The summed E-state index contributed by atoms with van der Waals surface area (Å²) in [6.07, 6.45) is 10.0. The molecule has 2 aliphatic heterocycles. The maximum absolute atomic E-state index is 4.77. The zero-order valence-electron chi connectivity index (χ0n) is 21.7. The number of unbranched alkanes of at least 4 members (excludes halogenated alkanes) is 1. The number of hydrogen-bond donors (Lipinski definition) is 0. The summed E-state index contributed by atoms with van der Waals surface area (Å²) in [7, 11) is 2.27. The molecule has 2 atom stereocenters. The van der Waals surface area contributed by atoms with Gasteiger partial charge in [0.25, 0.3) is 5.82 Å². The van der Waals surface area contributed by atoms with E-state index < -0.39 is 0 Å². The number of rotatable bonds is 6. The molecule has 0 aliphatic carbocycles. The van der Waals surface area contributed by atoms with E-state index in [-0.39, 0.29) is 17.8 Å². The predicted octanol–water partition coefficient (Wildman–Crippen LogP) is 6.76. The summed E-state index contributed by atoms with van der Waals surface area (Å²) in [6.45, 7) is 12.1. The van der Waals surface area contributed by atoms with Gasteiger partial charge in [-0.2, -0.15) is 0 Å². The van der Waals surface area contributed by atoms with Gasteiger partial charge in [-0.25, -0.2) is 4.57 Å². The first kappa shape index (κ1) is 23.0. The summed E-state index contributed by atoms with van der Waals surface area (Å²) < 4.78 is 2.55. The molecule has 4 heterocycles. The summed E-state index contributed by atoms with van der Waals surface area (Å²) in [5.74, 6) is 1.27. The molecule has 0 saturated carbocycles. The third-order valence-electron chi connectivity index (χ3n) is 9.01. The fraction of sp³-hybridized carbons (Fsp3) is 0.448. The van der Waals surface area contributed by atoms with Crippen LogP contribution in [0, 0.1) is 0 Å². The van der Waals surface area contributed by atoms with Crippen LogP contribution in [0.15, 0.2) is 60.9 Å². The van der Waals surface area contributed by atoms with E-state index in [9.17, 15) is 0 Å². The molecule has 0 bridgehead atoms. The number of pyridine rings is 2. The minimum absolute atomic E-state index is 0.00462. The predicted molar refractivity (Wildman–Crippen MR) is 144 cm³/mol. The molecule has 3 aromatic rings. The smallest absolute Gasteiger partial charge is 0.373 e. The average molecular weight is 453 g/mol. The van der Waals surface area contributed by atoms with Crippen molar-refractivity contribution in [3.8, 4) is 11.1 Å². The second kappa shape index (κ2) is 8.44. The molecule has 0 fully saturated rings. The normalized spacial score (nSPS) is 23.1. The van der Waals surface area contributed by atoms with Crippen LogP contribution in [0.3, 0.4) is 0 Å². The van der Waals surface area contributed by atoms with Crippen LogP contribution in [-0.4, -0.2) is 19.0 Å². The first-order valence-electron chi connectivity index (χ1n) is 13.0. The molecule has 34 heavy (non-hydrogen) atoms. The van der Waals surface area contributed by atoms with Gasteiger partial charge >= 0.3 is 6.98 Å². The number of fused-ring (bicyclic) bond motifs is 5. The highest BCUT2D eigenvalue weighted by molar-refractivity contribution is 6.74. The van der Waals surface area contributed by atoms with E-state index in [4.69, 9.17) is 4.98 Å². The Kier molecular flexibility index (Phi) is 5.70. The molecule has 2 aromatic heterocycles. The van der Waals surface area contributed by atoms with Gasteiger partial charge in [-0.3, -0.25) is 9.79 Å². The Morgan fingerprint density at radius 1 is 0.941 bits per heavy atom. The van der Waals surface area contributed by atoms with Gasteiger partial charge in [0.1, 0.15) is 11.2 Å². The molecule has 5 heteroatoms. The molecule has 5 rings (SSSR count). The van der Waals surface area contributed by atoms with Crippen molar-refractivity contribution in [3.05, 3.63) is 66.6 Å². The second-order valence-electron chi connectivity index (χ2n) is 10.5. The van der Waals surface area contributed by atoms with Crippen molar-refractivity contribution in [2.75, 3.05) is 16.7 Å². The molecule has 2 unspecified atom stereocenters. The van der Waals surface area contributed by atoms with Crippen molar-refractivity contribution in [2.24, 2.45) is 0 Å². The maximum Gasteiger partial charge on any atom is 0.512 e. The van der Waals surface area contributed by atoms with E-state index >= 15 is 0 Å². The van der Waals surface area contributed by atoms with Crippen molar-refractivity contribution in [2.45, 2.75) is 77.6 Å². The molecule has 0 amide bonds. The molecule has 0 N–H and O–H groups in total. The van der Waals surface area contributed by atoms with Gasteiger partial charge in [-0.15, -0.1) is 0 Å². The highest BCUT2D eigenvalue weighted by atomic mass is 15.4. The lowest BCUT2D eigenvalue weighted by Gasteiger charge is -2.51. The zero-order valence-corrected chi connectivity index (χ0v) is 21.7. The van der Waals surface area contributed by atoms with Crippen LogP contribution in [0.1, 0.15) is 66.0 Å². The zero-order chi connectivity index (χ0) is 24.1. The van der Waals surface area contributed by atoms with Gasteiger partial charge in [-0.05, 0) is 69.5 Å². The Balaban J connectivity index is 1.68. The van der Waals surface area contributed by atoms with Crippen molar-refractivity contribution >= 4 is 24.2 Å². The highest BCUT2D eigenvalue weighted by Gasteiger charge is 2.69. The topological polar surface area (TPSA) is 23.2 Å². The summed E-state index contributed by atoms with van der Waals surface area (Å²) in [4.78, 5) is 9.86. The lowest BCUT2D eigenvalue weighted by Crippen LogP contribution is -2.74. The Bertz CT molecular complexity index is 1190. The van der Waals surface area contributed by atoms with Gasteiger partial charge in [0, 0.05) is 23.5 Å². The summed E-state index contributed by atoms with van der Waals surface area (Å²) in [5.41, 5.74) is 6.20. The van der Waals surface area contributed by atoms with E-state index in [2.05, 4.69) is 117 Å². The van der Waals surface area contributed by atoms with Crippen LogP contribution in [-0.2, 0) is 12.0 Å². The number of para-hydroxylation sites is 2. The van der Waals surface area contributed by atoms with Crippen LogP contribution in [0.2, 0.25) is 5.31 Å². The van der Waals surface area contributed by atoms with Gasteiger partial charge in [-0.1, -0.05) is 52.3 Å². The van der Waals surface area contributed by atoms with Crippen molar-refractivity contribution in [1.29, 1.82) is 0 Å². The van der Waals surface area contributed by atoms with Gasteiger partial charge < -0.3 is 4.81 Å². The average Bonchev–Trinajstić information content (AvgIpc) is 3.19. The lowest BCUT2D eigenvalue weighted by atomic mass is 9.39. The molecule has 0 radical (unpaired) electrons. The summed E-state index contributed by atoms with van der Waals surface area (Å²) >= 11 is 0. The SMILES string of the molecule is CCCCc1ccc(-c2cc[n+]3c(c2)N2B(N(C)c4ccccc42)C(C)(CC)C3(C)CC)cn1. The van der Waals surface area contributed by atoms with Crippen LogP contribution < -0.4 is 14.2 Å². The number of nitrogens with zero attached hydrogens (tertiary/aromatic N) is 4.